The molecule has 0 fully saturated rings. The number of benzene rings is 1. The molecule has 22 heavy (non-hydrogen) atoms. The molecule has 2 aromatic rings. The first-order chi connectivity index (χ1) is 10.4. The predicted molar refractivity (Wildman–Crippen MR) is 79.9 cm³/mol. The summed E-state index contributed by atoms with van der Waals surface area (Å²) in [7, 11) is -3.74. The predicted octanol–water partition coefficient (Wildman–Crippen LogP) is 2.24. The molecule has 7 heteroatoms. The maximum Gasteiger partial charge on any atom is 0.338 e. The highest BCUT2D eigenvalue weighted by Gasteiger charge is 2.18. The lowest BCUT2D eigenvalue weighted by molar-refractivity contribution is 0.0525. The third kappa shape index (κ3) is 3.75. The second-order valence-electron chi connectivity index (χ2n) is 4.60. The smallest absolute Gasteiger partial charge is 0.338 e. The average molecular weight is 323 g/mol. The number of rotatable bonds is 6. The van der Waals surface area contributed by atoms with E-state index in [2.05, 4.69) is 4.72 Å². The summed E-state index contributed by atoms with van der Waals surface area (Å²) in [6.07, 6.45) is 1.47. The number of esters is 1. The van der Waals surface area contributed by atoms with Crippen LogP contribution in [0.25, 0.3) is 0 Å². The topological polar surface area (TPSA) is 85.6 Å². The van der Waals surface area contributed by atoms with Crippen LogP contribution in [0.15, 0.2) is 45.9 Å². The van der Waals surface area contributed by atoms with Crippen molar-refractivity contribution in [3.8, 4) is 0 Å². The molecule has 0 unspecified atom stereocenters. The Bertz CT molecular complexity index is 750. The van der Waals surface area contributed by atoms with Gasteiger partial charge in [0.05, 0.1) is 29.9 Å². The van der Waals surface area contributed by atoms with Gasteiger partial charge in [-0.1, -0.05) is 6.07 Å². The minimum absolute atomic E-state index is 0.00714. The van der Waals surface area contributed by atoms with E-state index < -0.39 is 16.0 Å². The summed E-state index contributed by atoms with van der Waals surface area (Å²) in [4.78, 5) is 11.8. The third-order valence-electron chi connectivity index (χ3n) is 3.03. The molecule has 1 aromatic heterocycles. The number of carbonyl (C=O) groups excluding carboxylic acids is 1. The number of aryl methyl sites for hydroxylation is 1. The second kappa shape index (κ2) is 6.76. The van der Waals surface area contributed by atoms with Crippen molar-refractivity contribution in [1.82, 2.24) is 4.72 Å². The Morgan fingerprint density at radius 2 is 2.09 bits per heavy atom. The molecule has 0 radical (unpaired) electrons. The van der Waals surface area contributed by atoms with Gasteiger partial charge in [-0.05, 0) is 43.7 Å². The minimum Gasteiger partial charge on any atom is -0.468 e. The summed E-state index contributed by atoms with van der Waals surface area (Å²) in [6.45, 7) is 3.68. The molecule has 0 spiro atoms. The number of hydrogen-bond donors (Lipinski definition) is 1. The molecule has 0 saturated carbocycles. The van der Waals surface area contributed by atoms with E-state index in [1.54, 1.807) is 32.0 Å². The van der Waals surface area contributed by atoms with E-state index in [0.29, 0.717) is 11.3 Å². The van der Waals surface area contributed by atoms with Crippen molar-refractivity contribution >= 4 is 16.0 Å². The van der Waals surface area contributed by atoms with Gasteiger partial charge in [-0.2, -0.15) is 0 Å². The fraction of sp³-hybridized carbons (Fsp3) is 0.267. The summed E-state index contributed by atoms with van der Waals surface area (Å²) in [5, 5.41) is 0. The highest BCUT2D eigenvalue weighted by molar-refractivity contribution is 7.89. The first-order valence-corrected chi connectivity index (χ1v) is 8.22. The van der Waals surface area contributed by atoms with Crippen molar-refractivity contribution in [2.75, 3.05) is 6.61 Å². The van der Waals surface area contributed by atoms with Crippen LogP contribution < -0.4 is 4.72 Å². The lowest BCUT2D eigenvalue weighted by Gasteiger charge is -2.09. The zero-order valence-electron chi connectivity index (χ0n) is 12.3. The van der Waals surface area contributed by atoms with Gasteiger partial charge < -0.3 is 9.15 Å². The number of nitrogens with one attached hydrogen (secondary N) is 1. The molecule has 0 amide bonds. The summed E-state index contributed by atoms with van der Waals surface area (Å²) in [6, 6.07) is 7.68. The summed E-state index contributed by atoms with van der Waals surface area (Å²) < 4.78 is 37.0. The van der Waals surface area contributed by atoms with Crippen LogP contribution in [0.3, 0.4) is 0 Å². The van der Waals surface area contributed by atoms with Crippen LogP contribution in [0.4, 0.5) is 0 Å². The van der Waals surface area contributed by atoms with E-state index >= 15 is 0 Å². The van der Waals surface area contributed by atoms with E-state index in [-0.39, 0.29) is 23.6 Å². The molecular weight excluding hydrogens is 306 g/mol. The molecule has 0 bridgehead atoms. The van der Waals surface area contributed by atoms with Crippen LogP contribution in [0.5, 0.6) is 0 Å². The van der Waals surface area contributed by atoms with Crippen molar-refractivity contribution in [3.63, 3.8) is 0 Å². The first-order valence-electron chi connectivity index (χ1n) is 6.74. The highest BCUT2D eigenvalue weighted by atomic mass is 32.2. The molecule has 6 nitrogen and oxygen atoms in total. The molecule has 0 saturated heterocycles. The van der Waals surface area contributed by atoms with Crippen LogP contribution >= 0.6 is 0 Å². The maximum absolute atomic E-state index is 12.3. The van der Waals surface area contributed by atoms with Crippen molar-refractivity contribution in [2.45, 2.75) is 25.3 Å². The number of ether oxygens (including phenoxy) is 1. The molecule has 0 aliphatic rings. The number of furan rings is 1. The van der Waals surface area contributed by atoms with Gasteiger partial charge in [-0.25, -0.2) is 17.9 Å². The van der Waals surface area contributed by atoms with Gasteiger partial charge in [0.25, 0.3) is 0 Å². The van der Waals surface area contributed by atoms with Gasteiger partial charge in [-0.3, -0.25) is 0 Å². The van der Waals surface area contributed by atoms with E-state index in [9.17, 15) is 13.2 Å². The Morgan fingerprint density at radius 3 is 2.73 bits per heavy atom. The molecule has 1 heterocycles. The number of sulfonamides is 1. The zero-order chi connectivity index (χ0) is 16.2. The van der Waals surface area contributed by atoms with Crippen LogP contribution in [-0.2, 0) is 21.3 Å². The average Bonchev–Trinajstić information content (AvgIpc) is 2.99. The Morgan fingerprint density at radius 1 is 1.32 bits per heavy atom. The molecule has 0 aliphatic heterocycles. The molecule has 0 atom stereocenters. The standard InChI is InChI=1S/C15H17NO5S/c1-3-20-15(17)14-9-13(7-6-11(14)2)22(18,19)16-10-12-5-4-8-21-12/h4-9,16H,3,10H2,1-2H3. The van der Waals surface area contributed by atoms with Gasteiger partial charge in [-0.15, -0.1) is 0 Å². The largest absolute Gasteiger partial charge is 0.468 e. The molecule has 2 rings (SSSR count). The molecule has 1 N–H and O–H groups in total. The normalized spacial score (nSPS) is 11.4. The Kier molecular flexibility index (Phi) is 4.99. The summed E-state index contributed by atoms with van der Waals surface area (Å²) in [5.41, 5.74) is 0.895. The van der Waals surface area contributed by atoms with E-state index in [1.165, 1.54) is 18.4 Å². The van der Waals surface area contributed by atoms with E-state index in [0.717, 1.165) is 0 Å². The van der Waals surface area contributed by atoms with Crippen LogP contribution in [0.2, 0.25) is 0 Å². The first kappa shape index (κ1) is 16.3. The lowest BCUT2D eigenvalue weighted by Crippen LogP contribution is -2.23. The fourth-order valence-electron chi connectivity index (χ4n) is 1.86. The molecular formula is C15H17NO5S. The maximum atomic E-state index is 12.3. The van der Waals surface area contributed by atoms with E-state index in [1.807, 2.05) is 0 Å². The Labute approximate surface area is 129 Å². The zero-order valence-corrected chi connectivity index (χ0v) is 13.1. The monoisotopic (exact) mass is 323 g/mol. The summed E-state index contributed by atoms with van der Waals surface area (Å²) in [5.74, 6) is -0.0376. The Balaban J connectivity index is 2.23. The summed E-state index contributed by atoms with van der Waals surface area (Å²) >= 11 is 0. The fourth-order valence-corrected chi connectivity index (χ4v) is 2.88. The molecule has 118 valence electrons. The van der Waals surface area contributed by atoms with Gasteiger partial charge in [0.15, 0.2) is 0 Å². The molecule has 1 aromatic carbocycles. The number of carbonyl (C=O) groups is 1. The van der Waals surface area contributed by atoms with Gasteiger partial charge in [0.2, 0.25) is 10.0 Å². The number of hydrogen-bond acceptors (Lipinski definition) is 5. The van der Waals surface area contributed by atoms with Crippen molar-refractivity contribution in [3.05, 3.63) is 53.5 Å². The van der Waals surface area contributed by atoms with Crippen molar-refractivity contribution < 1.29 is 22.4 Å². The van der Waals surface area contributed by atoms with Crippen molar-refractivity contribution in [1.29, 1.82) is 0 Å². The van der Waals surface area contributed by atoms with Crippen LogP contribution in [0, 0.1) is 6.92 Å². The second-order valence-corrected chi connectivity index (χ2v) is 6.37. The van der Waals surface area contributed by atoms with Crippen LogP contribution in [-0.4, -0.2) is 21.0 Å². The molecule has 0 aliphatic carbocycles. The quantitative estimate of drug-likeness (QED) is 0.824. The minimum atomic E-state index is -3.74. The van der Waals surface area contributed by atoms with Crippen LogP contribution in [0.1, 0.15) is 28.6 Å². The van der Waals surface area contributed by atoms with E-state index in [4.69, 9.17) is 9.15 Å². The van der Waals surface area contributed by atoms with Gasteiger partial charge >= 0.3 is 5.97 Å². The third-order valence-corrected chi connectivity index (χ3v) is 4.43. The SMILES string of the molecule is CCOC(=O)c1cc(S(=O)(=O)NCc2ccco2)ccc1C. The lowest BCUT2D eigenvalue weighted by atomic mass is 10.1. The highest BCUT2D eigenvalue weighted by Crippen LogP contribution is 2.17. The van der Waals surface area contributed by atoms with Gasteiger partial charge in [0.1, 0.15) is 5.76 Å². The van der Waals surface area contributed by atoms with Crippen molar-refractivity contribution in [2.24, 2.45) is 0 Å². The van der Waals surface area contributed by atoms with Gasteiger partial charge in [0, 0.05) is 0 Å². The Hall–Kier alpha value is -2.12.